The molecule has 104 heavy (non-hydrogen) atoms. The van der Waals surface area contributed by atoms with E-state index in [9.17, 15) is 43.2 Å². The van der Waals surface area contributed by atoms with Crippen LogP contribution in [0.3, 0.4) is 0 Å². The van der Waals surface area contributed by atoms with Crippen LogP contribution in [0.1, 0.15) is 441 Å². The molecule has 0 aromatic heterocycles. The summed E-state index contributed by atoms with van der Waals surface area (Å²) in [5, 5.41) is 10.7. The second-order valence-electron chi connectivity index (χ2n) is 32.2. The molecule has 6 atom stereocenters. The van der Waals surface area contributed by atoms with Gasteiger partial charge in [0.2, 0.25) is 0 Å². The molecule has 19 heteroatoms. The number of phosphoric acid groups is 2. The van der Waals surface area contributed by atoms with Gasteiger partial charge in [-0.15, -0.1) is 0 Å². The van der Waals surface area contributed by atoms with Crippen LogP contribution in [0.5, 0.6) is 0 Å². The fraction of sp³-hybridized carbons (Fsp3) is 0.953. The van der Waals surface area contributed by atoms with Gasteiger partial charge in [-0.25, -0.2) is 9.13 Å². The molecule has 0 aliphatic carbocycles. The lowest BCUT2D eigenvalue weighted by atomic mass is 9.99. The van der Waals surface area contributed by atoms with Crippen LogP contribution < -0.4 is 0 Å². The molecular weight excluding hydrogens is 1350 g/mol. The third kappa shape index (κ3) is 76.8. The third-order valence-electron chi connectivity index (χ3n) is 20.2. The topological polar surface area (TPSA) is 237 Å². The molecule has 0 heterocycles. The highest BCUT2D eigenvalue weighted by Gasteiger charge is 2.30. The smallest absolute Gasteiger partial charge is 0.462 e. The fourth-order valence-corrected chi connectivity index (χ4v) is 14.7. The van der Waals surface area contributed by atoms with E-state index in [1.165, 1.54) is 244 Å². The highest BCUT2D eigenvalue weighted by atomic mass is 31.2. The number of ether oxygens (including phenoxy) is 4. The van der Waals surface area contributed by atoms with E-state index in [1.807, 2.05) is 0 Å². The molecule has 3 unspecified atom stereocenters. The maximum atomic E-state index is 13.1. The van der Waals surface area contributed by atoms with E-state index in [0.29, 0.717) is 25.7 Å². The molecular formula is C85H166O17P2. The van der Waals surface area contributed by atoms with Gasteiger partial charge >= 0.3 is 39.5 Å². The largest absolute Gasteiger partial charge is 0.472 e. The molecule has 17 nitrogen and oxygen atoms in total. The van der Waals surface area contributed by atoms with Crippen LogP contribution in [-0.2, 0) is 65.4 Å². The van der Waals surface area contributed by atoms with Gasteiger partial charge in [-0.1, -0.05) is 389 Å². The summed E-state index contributed by atoms with van der Waals surface area (Å²) >= 11 is 0. The molecule has 0 saturated heterocycles. The average Bonchev–Trinajstić information content (AvgIpc) is 0.903. The van der Waals surface area contributed by atoms with Crippen LogP contribution in [0.4, 0.5) is 0 Å². The zero-order chi connectivity index (χ0) is 76.7. The first-order valence-electron chi connectivity index (χ1n) is 43.7. The van der Waals surface area contributed by atoms with E-state index in [4.69, 9.17) is 37.0 Å². The van der Waals surface area contributed by atoms with Crippen molar-refractivity contribution in [3.8, 4) is 0 Å². The second-order valence-corrected chi connectivity index (χ2v) is 35.2. The Balaban J connectivity index is 5.25. The number of carbonyl (C=O) groups excluding carboxylic acids is 4. The Morgan fingerprint density at radius 3 is 0.683 bits per heavy atom. The number of hydrogen-bond donors (Lipinski definition) is 3. The molecule has 0 bridgehead atoms. The Labute approximate surface area is 638 Å². The summed E-state index contributed by atoms with van der Waals surface area (Å²) in [6.07, 6.45) is 62.4. The predicted octanol–water partition coefficient (Wildman–Crippen LogP) is 25.6. The molecule has 0 aliphatic heterocycles. The number of unbranched alkanes of at least 4 members (excludes halogenated alkanes) is 47. The number of carbonyl (C=O) groups is 4. The first-order chi connectivity index (χ1) is 50.1. The minimum atomic E-state index is -4.97. The minimum absolute atomic E-state index is 0.106. The van der Waals surface area contributed by atoms with E-state index >= 15 is 0 Å². The Hall–Kier alpha value is -1.94. The third-order valence-corrected chi connectivity index (χ3v) is 22.1. The van der Waals surface area contributed by atoms with Crippen molar-refractivity contribution in [2.75, 3.05) is 39.6 Å². The maximum absolute atomic E-state index is 13.1. The van der Waals surface area contributed by atoms with Crippen molar-refractivity contribution in [3.63, 3.8) is 0 Å². The highest BCUT2D eigenvalue weighted by Crippen LogP contribution is 2.45. The van der Waals surface area contributed by atoms with Crippen molar-refractivity contribution < 1.29 is 80.2 Å². The standard InChI is InChI=1S/C85H166O17P2/c1-9-78(8)64-56-48-40-35-36-42-50-58-66-83(88)96-72-81(102-85(90)68-60-52-44-34-28-22-25-31-39-47-55-63-77(6)7)74-100-104(93,94)98-70-79(86)69-97-103(91,92)99-73-80(71-95-82(87)65-57-49-41-32-26-20-17-16-19-24-30-38-46-54-62-76(4)5)101-84(89)67-59-51-43-33-27-21-15-13-11-10-12-14-18-23-29-37-45-53-61-75(2)3/h75-81,86H,9-74H2,1-8H3,(H,91,92)(H,93,94)/t78?,79-,80-,81-/m1/s1. The van der Waals surface area contributed by atoms with Crippen molar-refractivity contribution in [2.45, 2.75) is 459 Å². The van der Waals surface area contributed by atoms with E-state index in [1.54, 1.807) is 0 Å². The van der Waals surface area contributed by atoms with Crippen molar-refractivity contribution in [3.05, 3.63) is 0 Å². The number of aliphatic hydroxyl groups excluding tert-OH is 1. The van der Waals surface area contributed by atoms with Crippen LogP contribution in [0.15, 0.2) is 0 Å². The fourth-order valence-electron chi connectivity index (χ4n) is 13.1. The summed E-state index contributed by atoms with van der Waals surface area (Å²) in [6, 6.07) is 0. The van der Waals surface area contributed by atoms with Gasteiger partial charge in [0.15, 0.2) is 12.2 Å². The molecule has 0 fully saturated rings. The summed E-state index contributed by atoms with van der Waals surface area (Å²) < 4.78 is 68.9. The zero-order valence-electron chi connectivity index (χ0n) is 68.7. The van der Waals surface area contributed by atoms with Crippen LogP contribution in [0.25, 0.3) is 0 Å². The van der Waals surface area contributed by atoms with Crippen LogP contribution in [0, 0.1) is 23.7 Å². The number of rotatable bonds is 82. The van der Waals surface area contributed by atoms with Gasteiger partial charge in [-0.05, 0) is 49.4 Å². The Bertz CT molecular complexity index is 2030. The van der Waals surface area contributed by atoms with Crippen molar-refractivity contribution in [1.82, 2.24) is 0 Å². The molecule has 0 rings (SSSR count). The van der Waals surface area contributed by atoms with Gasteiger partial charge in [0.25, 0.3) is 0 Å². The van der Waals surface area contributed by atoms with Crippen LogP contribution >= 0.6 is 15.6 Å². The van der Waals surface area contributed by atoms with Crippen molar-refractivity contribution >= 4 is 39.5 Å². The van der Waals surface area contributed by atoms with E-state index in [0.717, 1.165) is 114 Å². The summed E-state index contributed by atoms with van der Waals surface area (Å²) in [5.41, 5.74) is 0. The predicted molar refractivity (Wildman–Crippen MR) is 428 cm³/mol. The first kappa shape index (κ1) is 102. The highest BCUT2D eigenvalue weighted by molar-refractivity contribution is 7.47. The zero-order valence-corrected chi connectivity index (χ0v) is 70.5. The number of aliphatic hydroxyl groups is 1. The lowest BCUT2D eigenvalue weighted by molar-refractivity contribution is -0.161. The van der Waals surface area contributed by atoms with Crippen LogP contribution in [0.2, 0.25) is 0 Å². The van der Waals surface area contributed by atoms with Crippen LogP contribution in [-0.4, -0.2) is 96.7 Å². The SMILES string of the molecule is CCC(C)CCCCCCCCCCC(=O)OC[C@H](COP(=O)(O)OC[C@H](O)COP(=O)(O)OC[C@@H](COC(=O)CCCCCCCCCCCCCCCCC(C)C)OC(=O)CCCCCCCCCCCCCCCCCCCCC(C)C)OC(=O)CCCCCCCCCCCCCC(C)C. The van der Waals surface area contributed by atoms with Crippen molar-refractivity contribution in [1.29, 1.82) is 0 Å². The van der Waals surface area contributed by atoms with Crippen molar-refractivity contribution in [2.24, 2.45) is 23.7 Å². The molecule has 3 N–H and O–H groups in total. The summed E-state index contributed by atoms with van der Waals surface area (Å²) in [5.74, 6) is 1.05. The number of hydrogen-bond acceptors (Lipinski definition) is 15. The van der Waals surface area contributed by atoms with Gasteiger partial charge in [0.05, 0.1) is 26.4 Å². The normalized spacial score (nSPS) is 14.2. The molecule has 0 aromatic rings. The van der Waals surface area contributed by atoms with Gasteiger partial charge in [0, 0.05) is 25.7 Å². The maximum Gasteiger partial charge on any atom is 0.472 e. The van der Waals surface area contributed by atoms with Gasteiger partial charge in [0.1, 0.15) is 19.3 Å². The average molecular weight is 1520 g/mol. The Morgan fingerprint density at radius 2 is 0.462 bits per heavy atom. The van der Waals surface area contributed by atoms with E-state index in [2.05, 4.69) is 55.4 Å². The summed E-state index contributed by atoms with van der Waals surface area (Å²) in [4.78, 5) is 73.2. The van der Waals surface area contributed by atoms with Gasteiger partial charge in [-0.3, -0.25) is 37.3 Å². The monoisotopic (exact) mass is 1520 g/mol. The molecule has 0 saturated carbocycles. The summed E-state index contributed by atoms with van der Waals surface area (Å²) in [7, 11) is -9.93. The first-order valence-corrected chi connectivity index (χ1v) is 46.7. The molecule has 0 spiro atoms. The Kier molecular flexibility index (Phi) is 72.5. The van der Waals surface area contributed by atoms with E-state index < -0.39 is 97.5 Å². The second kappa shape index (κ2) is 73.8. The number of phosphoric ester groups is 2. The van der Waals surface area contributed by atoms with E-state index in [-0.39, 0.29) is 25.7 Å². The molecule has 0 amide bonds. The molecule has 618 valence electrons. The summed E-state index contributed by atoms with van der Waals surface area (Å²) in [6.45, 7) is 14.3. The Morgan fingerprint density at radius 1 is 0.269 bits per heavy atom. The molecule has 0 aliphatic rings. The minimum Gasteiger partial charge on any atom is -0.462 e. The quantitative estimate of drug-likeness (QED) is 0.0222. The van der Waals surface area contributed by atoms with Gasteiger partial charge in [-0.2, -0.15) is 0 Å². The number of esters is 4. The lowest BCUT2D eigenvalue weighted by Gasteiger charge is -2.21. The molecule has 0 radical (unpaired) electrons. The molecule has 0 aromatic carbocycles. The van der Waals surface area contributed by atoms with Gasteiger partial charge < -0.3 is 33.8 Å². The lowest BCUT2D eigenvalue weighted by Crippen LogP contribution is -2.30.